The third kappa shape index (κ3) is 6.00. The molecule has 32 heavy (non-hydrogen) atoms. The van der Waals surface area contributed by atoms with Crippen molar-refractivity contribution in [2.45, 2.75) is 44.5 Å². The molecular formula is C20H20F3N3O6. The van der Waals surface area contributed by atoms with Crippen molar-refractivity contribution in [2.24, 2.45) is 0 Å². The molecule has 0 radical (unpaired) electrons. The van der Waals surface area contributed by atoms with Crippen LogP contribution in [0.5, 0.6) is 0 Å². The number of aliphatic hydroxyl groups is 1. The molecule has 0 saturated heterocycles. The van der Waals surface area contributed by atoms with Gasteiger partial charge in [-0.3, -0.25) is 14.4 Å². The number of nitrogens with one attached hydrogen (secondary N) is 2. The summed E-state index contributed by atoms with van der Waals surface area (Å²) in [6.45, 7) is 3.06. The summed E-state index contributed by atoms with van der Waals surface area (Å²) in [7, 11) is 0. The number of aliphatic hydroxyl groups excluding tert-OH is 1. The Labute approximate surface area is 179 Å². The predicted octanol–water partition coefficient (Wildman–Crippen LogP) is 1.86. The first kappa shape index (κ1) is 24.7. The quantitative estimate of drug-likeness (QED) is 0.444. The number of carboxylic acid groups (broad SMARTS) is 1. The van der Waals surface area contributed by atoms with Gasteiger partial charge in [0.15, 0.2) is 17.7 Å². The maximum Gasteiger partial charge on any atom is 0.416 e. The molecule has 0 aliphatic heterocycles. The maximum atomic E-state index is 12.7. The molecule has 1 atom stereocenters. The molecule has 172 valence electrons. The van der Waals surface area contributed by atoms with Gasteiger partial charge >= 0.3 is 12.1 Å². The number of hydrogen-bond donors (Lipinski definition) is 4. The highest BCUT2D eigenvalue weighted by molar-refractivity contribution is 5.96. The van der Waals surface area contributed by atoms with Gasteiger partial charge in [-0.15, -0.1) is 0 Å². The zero-order valence-electron chi connectivity index (χ0n) is 17.0. The number of carbonyl (C=O) groups excluding carboxylic acids is 2. The number of nitrogens with zero attached hydrogens (tertiary/aromatic N) is 1. The van der Waals surface area contributed by atoms with Crippen LogP contribution in [0.25, 0.3) is 0 Å². The lowest BCUT2D eigenvalue weighted by atomic mass is 9.93. The number of rotatable bonds is 8. The Kier molecular flexibility index (Phi) is 7.19. The van der Waals surface area contributed by atoms with E-state index in [1.165, 1.54) is 26.0 Å². The highest BCUT2D eigenvalue weighted by Gasteiger charge is 2.31. The molecule has 0 spiro atoms. The summed E-state index contributed by atoms with van der Waals surface area (Å²) < 4.78 is 38.2. The van der Waals surface area contributed by atoms with Gasteiger partial charge in [-0.1, -0.05) is 12.1 Å². The van der Waals surface area contributed by atoms with Gasteiger partial charge in [0.25, 0.3) is 11.5 Å². The number of Topliss-reactive ketones (excluding diaryl/α,β-unsaturated/α-hetero) is 1. The number of hydrogen-bond acceptors (Lipinski definition) is 6. The summed E-state index contributed by atoms with van der Waals surface area (Å²) in [6.07, 6.45) is -6.18. The first-order valence-corrected chi connectivity index (χ1v) is 9.26. The van der Waals surface area contributed by atoms with E-state index in [1.807, 2.05) is 0 Å². The average Bonchev–Trinajstić information content (AvgIpc) is 2.70. The Hall–Kier alpha value is -3.54. The minimum atomic E-state index is -4.50. The molecule has 2 rings (SSSR count). The Morgan fingerprint density at radius 3 is 2.19 bits per heavy atom. The summed E-state index contributed by atoms with van der Waals surface area (Å²) in [6, 6.07) is 4.16. The smallest absolute Gasteiger partial charge is 0.416 e. The third-order valence-corrected chi connectivity index (χ3v) is 4.60. The van der Waals surface area contributed by atoms with Gasteiger partial charge in [0.2, 0.25) is 0 Å². The largest absolute Gasteiger partial charge is 0.479 e. The zero-order chi connectivity index (χ0) is 24.3. The van der Waals surface area contributed by atoms with E-state index in [-0.39, 0.29) is 6.42 Å². The maximum absolute atomic E-state index is 12.7. The highest BCUT2D eigenvalue weighted by Crippen LogP contribution is 2.31. The molecule has 1 heterocycles. The molecule has 9 nitrogen and oxygen atoms in total. The summed E-state index contributed by atoms with van der Waals surface area (Å²) >= 11 is 0. The minimum absolute atomic E-state index is 0.354. The number of amides is 1. The second-order valence-electron chi connectivity index (χ2n) is 7.44. The van der Waals surface area contributed by atoms with Crippen LogP contribution in [0.1, 0.15) is 58.8 Å². The van der Waals surface area contributed by atoms with Gasteiger partial charge in [-0.25, -0.2) is 9.78 Å². The Balaban J connectivity index is 2.13. The highest BCUT2D eigenvalue weighted by atomic mass is 19.4. The summed E-state index contributed by atoms with van der Waals surface area (Å²) in [5.74, 6) is -3.52. The fourth-order valence-electron chi connectivity index (χ4n) is 2.71. The second-order valence-corrected chi connectivity index (χ2v) is 7.44. The first-order chi connectivity index (χ1) is 14.7. The molecule has 0 aliphatic carbocycles. The third-order valence-electron chi connectivity index (χ3n) is 4.60. The molecule has 1 amide bonds. The second kappa shape index (κ2) is 9.30. The van der Waals surface area contributed by atoms with E-state index in [4.69, 9.17) is 5.11 Å². The van der Waals surface area contributed by atoms with Crippen molar-refractivity contribution in [3.63, 3.8) is 0 Å². The number of benzene rings is 1. The van der Waals surface area contributed by atoms with Crippen molar-refractivity contribution < 1.29 is 37.8 Å². The fraction of sp³-hybridized carbons (Fsp3) is 0.350. The van der Waals surface area contributed by atoms with E-state index in [1.54, 1.807) is 0 Å². The van der Waals surface area contributed by atoms with Crippen LogP contribution in [0.3, 0.4) is 0 Å². The Morgan fingerprint density at radius 1 is 1.12 bits per heavy atom. The number of H-pyrrole nitrogens is 1. The van der Waals surface area contributed by atoms with Crippen molar-refractivity contribution in [2.75, 3.05) is 0 Å². The summed E-state index contributed by atoms with van der Waals surface area (Å²) in [4.78, 5) is 53.2. The molecular weight excluding hydrogens is 435 g/mol. The molecule has 2 aromatic rings. The lowest BCUT2D eigenvalue weighted by molar-refractivity contribution is -0.146. The summed E-state index contributed by atoms with van der Waals surface area (Å²) in [5.41, 5.74) is -3.02. The van der Waals surface area contributed by atoms with Gasteiger partial charge < -0.3 is 20.5 Å². The molecule has 0 aliphatic rings. The van der Waals surface area contributed by atoms with E-state index >= 15 is 0 Å². The molecule has 12 heteroatoms. The van der Waals surface area contributed by atoms with Crippen LogP contribution < -0.4 is 10.9 Å². The Bertz CT molecular complexity index is 1080. The van der Waals surface area contributed by atoms with Crippen LogP contribution in [-0.2, 0) is 16.5 Å². The number of halogens is 3. The van der Waals surface area contributed by atoms with Crippen LogP contribution in [0.4, 0.5) is 13.2 Å². The minimum Gasteiger partial charge on any atom is -0.479 e. The average molecular weight is 455 g/mol. The number of alkyl halides is 3. The van der Waals surface area contributed by atoms with Crippen LogP contribution >= 0.6 is 0 Å². The number of aliphatic carboxylic acids is 1. The molecule has 0 saturated carbocycles. The van der Waals surface area contributed by atoms with Crippen molar-refractivity contribution in [3.05, 3.63) is 63.3 Å². The van der Waals surface area contributed by atoms with E-state index in [2.05, 4.69) is 15.3 Å². The molecule has 0 unspecified atom stereocenters. The summed E-state index contributed by atoms with van der Waals surface area (Å²) in [5, 5.41) is 20.3. The predicted molar refractivity (Wildman–Crippen MR) is 104 cm³/mol. The number of carbonyl (C=O) groups is 3. The Morgan fingerprint density at radius 2 is 1.69 bits per heavy atom. The number of aromatic nitrogens is 2. The molecule has 1 aromatic heterocycles. The topological polar surface area (TPSA) is 149 Å². The molecule has 0 fully saturated rings. The van der Waals surface area contributed by atoms with Crippen molar-refractivity contribution in [1.82, 2.24) is 15.3 Å². The van der Waals surface area contributed by atoms with E-state index < -0.39 is 64.4 Å². The first-order valence-electron chi connectivity index (χ1n) is 9.26. The van der Waals surface area contributed by atoms with Gasteiger partial charge in [0.05, 0.1) is 11.1 Å². The fourth-order valence-corrected chi connectivity index (χ4v) is 2.71. The van der Waals surface area contributed by atoms with Crippen molar-refractivity contribution >= 4 is 17.7 Å². The molecule has 0 bridgehead atoms. The number of aromatic amines is 1. The van der Waals surface area contributed by atoms with E-state index in [9.17, 15) is 37.5 Å². The zero-order valence-corrected chi connectivity index (χ0v) is 17.0. The van der Waals surface area contributed by atoms with Crippen LogP contribution in [0.15, 0.2) is 35.3 Å². The van der Waals surface area contributed by atoms with E-state index in [0.717, 1.165) is 18.3 Å². The van der Waals surface area contributed by atoms with Crippen molar-refractivity contribution in [1.29, 1.82) is 0 Å². The van der Waals surface area contributed by atoms with Crippen LogP contribution in [0, 0.1) is 0 Å². The lowest BCUT2D eigenvalue weighted by Gasteiger charge is -2.27. The van der Waals surface area contributed by atoms with Gasteiger partial charge in [-0.2, -0.15) is 13.2 Å². The SMILES string of the molecule is CC(C)(NC(=O)c1cnc(C(=O)CC[C@@H](O)C(=O)O)[nH]c1=O)c1ccc(C(F)(F)F)cc1. The normalized spacial score (nSPS) is 12.8. The number of ketones is 1. The van der Waals surface area contributed by atoms with E-state index in [0.29, 0.717) is 5.56 Å². The molecule has 1 aromatic carbocycles. The van der Waals surface area contributed by atoms with Crippen LogP contribution in [-0.4, -0.2) is 43.9 Å². The van der Waals surface area contributed by atoms with Crippen molar-refractivity contribution in [3.8, 4) is 0 Å². The number of carboxylic acids is 1. The van der Waals surface area contributed by atoms with Gasteiger partial charge in [0.1, 0.15) is 5.56 Å². The lowest BCUT2D eigenvalue weighted by Crippen LogP contribution is -2.43. The van der Waals surface area contributed by atoms with Gasteiger partial charge in [0, 0.05) is 12.6 Å². The standard InChI is InChI=1S/C20H20F3N3O6/c1-19(2,10-3-5-11(6-4-10)20(21,22)23)26-17(30)12-9-24-15(25-16(12)29)13(27)7-8-14(28)18(31)32/h3-6,9,14,28H,7-8H2,1-2H3,(H,26,30)(H,31,32)(H,24,25,29)/t14-/m1/s1. The van der Waals surface area contributed by atoms with Gasteiger partial charge in [-0.05, 0) is 38.0 Å². The van der Waals surface area contributed by atoms with Crippen LogP contribution in [0.2, 0.25) is 0 Å². The molecule has 4 N–H and O–H groups in total. The monoisotopic (exact) mass is 455 g/mol.